The number of ether oxygens (including phenoxy) is 1. The zero-order chi connectivity index (χ0) is 13.9. The average molecular weight is 270 g/mol. The molecule has 2 heterocycles. The molecule has 0 radical (unpaired) electrons. The van der Waals surface area contributed by atoms with Gasteiger partial charge >= 0.3 is 0 Å². The van der Waals surface area contributed by atoms with Crippen molar-refractivity contribution < 1.29 is 9.13 Å². The summed E-state index contributed by atoms with van der Waals surface area (Å²) in [6, 6.07) is 9.81. The molecule has 0 aliphatic rings. The van der Waals surface area contributed by atoms with Crippen molar-refractivity contribution in [2.45, 2.75) is 0 Å². The summed E-state index contributed by atoms with van der Waals surface area (Å²) in [5.74, 6) is 0.679. The lowest BCUT2D eigenvalue weighted by atomic mass is 10.3. The van der Waals surface area contributed by atoms with Gasteiger partial charge in [0.05, 0.1) is 11.9 Å². The van der Waals surface area contributed by atoms with Gasteiger partial charge in [-0.1, -0.05) is 6.07 Å². The molecule has 3 rings (SSSR count). The van der Waals surface area contributed by atoms with Gasteiger partial charge in [0.1, 0.15) is 17.9 Å². The van der Waals surface area contributed by atoms with Crippen LogP contribution in [0.2, 0.25) is 0 Å². The minimum atomic E-state index is -0.434. The van der Waals surface area contributed by atoms with Gasteiger partial charge in [0.15, 0.2) is 5.82 Å². The van der Waals surface area contributed by atoms with Crippen molar-refractivity contribution in [3.8, 4) is 17.3 Å². The third-order valence-corrected chi connectivity index (χ3v) is 2.66. The molecule has 100 valence electrons. The van der Waals surface area contributed by atoms with Gasteiger partial charge in [0, 0.05) is 18.3 Å². The second kappa shape index (κ2) is 5.00. The van der Waals surface area contributed by atoms with Crippen LogP contribution >= 0.6 is 0 Å². The molecule has 0 bridgehead atoms. The smallest absolute Gasteiger partial charge is 0.219 e. The number of pyridine rings is 1. The number of benzene rings is 1. The second-order valence-electron chi connectivity index (χ2n) is 4.09. The molecule has 0 aliphatic carbocycles. The van der Waals surface area contributed by atoms with Crippen LogP contribution in [-0.2, 0) is 0 Å². The lowest BCUT2D eigenvalue weighted by molar-refractivity contribution is 0.458. The molecule has 0 saturated heterocycles. The van der Waals surface area contributed by atoms with Crippen molar-refractivity contribution in [1.82, 2.24) is 14.5 Å². The fourth-order valence-corrected chi connectivity index (χ4v) is 1.76. The average Bonchev–Trinajstić information content (AvgIpc) is 2.86. The van der Waals surface area contributed by atoms with Crippen LogP contribution in [0.4, 0.5) is 10.2 Å². The fourth-order valence-electron chi connectivity index (χ4n) is 1.76. The number of rotatable bonds is 3. The van der Waals surface area contributed by atoms with E-state index in [4.69, 9.17) is 10.5 Å². The standard InChI is InChI=1S/C14H11FN4O/c15-11-7-10(20-14-3-1-2-6-17-14)4-5-12(11)19-8-13(16)18-9-19/h1-9H,16H2. The van der Waals surface area contributed by atoms with Gasteiger partial charge in [0.25, 0.3) is 0 Å². The summed E-state index contributed by atoms with van der Waals surface area (Å²) < 4.78 is 21.0. The van der Waals surface area contributed by atoms with E-state index >= 15 is 0 Å². The van der Waals surface area contributed by atoms with E-state index < -0.39 is 5.82 Å². The van der Waals surface area contributed by atoms with E-state index in [1.54, 1.807) is 36.5 Å². The maximum absolute atomic E-state index is 14.1. The third kappa shape index (κ3) is 2.44. The molecule has 0 aliphatic heterocycles. The van der Waals surface area contributed by atoms with E-state index in [-0.39, 0.29) is 0 Å². The van der Waals surface area contributed by atoms with Gasteiger partial charge in [-0.15, -0.1) is 0 Å². The van der Waals surface area contributed by atoms with Gasteiger partial charge in [-0.05, 0) is 18.2 Å². The first-order valence-corrected chi connectivity index (χ1v) is 5.90. The van der Waals surface area contributed by atoms with Crippen LogP contribution in [0.1, 0.15) is 0 Å². The Morgan fingerprint density at radius 2 is 2.05 bits per heavy atom. The number of nitrogen functional groups attached to an aromatic ring is 1. The number of hydrogen-bond donors (Lipinski definition) is 1. The predicted octanol–water partition coefficient (Wildman–Crippen LogP) is 2.78. The number of imidazole rings is 1. The minimum absolute atomic E-state index is 0.332. The highest BCUT2D eigenvalue weighted by atomic mass is 19.1. The SMILES string of the molecule is Nc1cn(-c2ccc(Oc3ccccn3)cc2F)cn1. The van der Waals surface area contributed by atoms with Crippen LogP contribution in [0.5, 0.6) is 11.6 Å². The van der Waals surface area contributed by atoms with Gasteiger partial charge in [-0.3, -0.25) is 0 Å². The first-order chi connectivity index (χ1) is 9.72. The van der Waals surface area contributed by atoms with E-state index in [1.807, 2.05) is 0 Å². The molecule has 1 aromatic carbocycles. The second-order valence-corrected chi connectivity index (χ2v) is 4.09. The molecule has 0 spiro atoms. The summed E-state index contributed by atoms with van der Waals surface area (Å²) in [7, 11) is 0. The Bertz CT molecular complexity index is 727. The zero-order valence-electron chi connectivity index (χ0n) is 10.4. The number of aromatic nitrogens is 3. The quantitative estimate of drug-likeness (QED) is 0.794. The van der Waals surface area contributed by atoms with Crippen LogP contribution in [0, 0.1) is 5.82 Å². The van der Waals surface area contributed by atoms with Crippen molar-refractivity contribution in [2.24, 2.45) is 0 Å². The molecule has 0 saturated carbocycles. The highest BCUT2D eigenvalue weighted by Gasteiger charge is 2.08. The molecule has 6 heteroatoms. The Morgan fingerprint density at radius 1 is 1.15 bits per heavy atom. The maximum Gasteiger partial charge on any atom is 0.219 e. The van der Waals surface area contributed by atoms with Crippen LogP contribution < -0.4 is 10.5 Å². The van der Waals surface area contributed by atoms with E-state index in [0.29, 0.717) is 23.1 Å². The van der Waals surface area contributed by atoms with Crippen LogP contribution in [0.15, 0.2) is 55.1 Å². The van der Waals surface area contributed by atoms with Crippen molar-refractivity contribution in [2.75, 3.05) is 5.73 Å². The van der Waals surface area contributed by atoms with Crippen LogP contribution in [-0.4, -0.2) is 14.5 Å². The highest BCUT2D eigenvalue weighted by Crippen LogP contribution is 2.23. The molecule has 2 aromatic heterocycles. The van der Waals surface area contributed by atoms with E-state index in [9.17, 15) is 4.39 Å². The number of hydrogen-bond acceptors (Lipinski definition) is 4. The molecule has 0 fully saturated rings. The number of nitrogens with zero attached hydrogens (tertiary/aromatic N) is 3. The largest absolute Gasteiger partial charge is 0.439 e. The molecule has 5 nitrogen and oxygen atoms in total. The number of nitrogens with two attached hydrogens (primary N) is 1. The summed E-state index contributed by atoms with van der Waals surface area (Å²) in [4.78, 5) is 7.87. The van der Waals surface area contributed by atoms with Crippen molar-refractivity contribution in [1.29, 1.82) is 0 Å². The van der Waals surface area contributed by atoms with Gasteiger partial charge < -0.3 is 15.0 Å². The van der Waals surface area contributed by atoms with Crippen LogP contribution in [0.3, 0.4) is 0 Å². The Kier molecular flexibility index (Phi) is 3.04. The summed E-state index contributed by atoms with van der Waals surface area (Å²) in [5.41, 5.74) is 5.86. The van der Waals surface area contributed by atoms with Gasteiger partial charge in [-0.25, -0.2) is 14.4 Å². The molecule has 2 N–H and O–H groups in total. The highest BCUT2D eigenvalue weighted by molar-refractivity contribution is 5.42. The molecule has 0 unspecified atom stereocenters. The van der Waals surface area contributed by atoms with Crippen molar-refractivity contribution >= 4 is 5.82 Å². The molecular formula is C14H11FN4O. The Hall–Kier alpha value is -2.89. The maximum atomic E-state index is 14.1. The molecule has 0 amide bonds. The molecule has 0 atom stereocenters. The first kappa shape index (κ1) is 12.2. The summed E-state index contributed by atoms with van der Waals surface area (Å²) in [6.07, 6.45) is 4.60. The Labute approximate surface area is 114 Å². The monoisotopic (exact) mass is 270 g/mol. The summed E-state index contributed by atoms with van der Waals surface area (Å²) >= 11 is 0. The summed E-state index contributed by atoms with van der Waals surface area (Å²) in [6.45, 7) is 0. The zero-order valence-corrected chi connectivity index (χ0v) is 10.4. The Balaban J connectivity index is 1.88. The normalized spacial score (nSPS) is 10.4. The van der Waals surface area contributed by atoms with E-state index in [0.717, 1.165) is 0 Å². The van der Waals surface area contributed by atoms with Crippen molar-refractivity contribution in [3.63, 3.8) is 0 Å². The summed E-state index contributed by atoms with van der Waals surface area (Å²) in [5, 5.41) is 0. The van der Waals surface area contributed by atoms with Gasteiger partial charge in [0.2, 0.25) is 5.88 Å². The lowest BCUT2D eigenvalue weighted by Crippen LogP contribution is -1.96. The molecule has 3 aromatic rings. The first-order valence-electron chi connectivity index (χ1n) is 5.90. The topological polar surface area (TPSA) is 66.0 Å². The van der Waals surface area contributed by atoms with E-state index in [1.165, 1.54) is 23.2 Å². The third-order valence-electron chi connectivity index (χ3n) is 2.66. The number of halogens is 1. The molecular weight excluding hydrogens is 259 g/mol. The van der Waals surface area contributed by atoms with E-state index in [2.05, 4.69) is 9.97 Å². The van der Waals surface area contributed by atoms with Crippen LogP contribution in [0.25, 0.3) is 5.69 Å². The minimum Gasteiger partial charge on any atom is -0.439 e. The predicted molar refractivity (Wildman–Crippen MR) is 72.2 cm³/mol. The van der Waals surface area contributed by atoms with Crippen molar-refractivity contribution in [3.05, 3.63) is 60.9 Å². The van der Waals surface area contributed by atoms with Gasteiger partial charge in [-0.2, -0.15) is 0 Å². The fraction of sp³-hybridized carbons (Fsp3) is 0. The number of anilines is 1. The Morgan fingerprint density at radius 3 is 2.70 bits per heavy atom. The lowest BCUT2D eigenvalue weighted by Gasteiger charge is -2.07. The molecule has 20 heavy (non-hydrogen) atoms.